The number of aryl methyl sites for hydroxylation is 1. The van der Waals surface area contributed by atoms with Crippen molar-refractivity contribution in [3.05, 3.63) is 123 Å². The molecule has 5 rings (SSSR count). The molecule has 35 heavy (non-hydrogen) atoms. The smallest absolute Gasteiger partial charge is 0.0405 e. The highest BCUT2D eigenvalue weighted by Gasteiger charge is 2.48. The van der Waals surface area contributed by atoms with Crippen LogP contribution in [0.2, 0.25) is 0 Å². The van der Waals surface area contributed by atoms with E-state index in [1.807, 2.05) is 0 Å². The fourth-order valence-electron chi connectivity index (χ4n) is 6.55. The van der Waals surface area contributed by atoms with E-state index >= 15 is 0 Å². The first-order valence-corrected chi connectivity index (χ1v) is 12.9. The summed E-state index contributed by atoms with van der Waals surface area (Å²) in [5, 5.41) is 0. The first-order valence-electron chi connectivity index (χ1n) is 12.9. The number of rotatable bonds is 2. The molecule has 178 valence electrons. The average Bonchev–Trinajstić information content (AvgIpc) is 3.14. The molecule has 0 N–H and O–H groups in total. The minimum atomic E-state index is -0.222. The number of fused-ring (bicyclic) bond motifs is 3. The molecule has 0 heteroatoms. The second-order valence-electron chi connectivity index (χ2n) is 12.4. The van der Waals surface area contributed by atoms with E-state index in [9.17, 15) is 0 Å². The largest absolute Gasteiger partial charge is 0.0622 e. The van der Waals surface area contributed by atoms with Gasteiger partial charge < -0.3 is 0 Å². The van der Waals surface area contributed by atoms with Gasteiger partial charge in [0.25, 0.3) is 0 Å². The topological polar surface area (TPSA) is 0 Å². The summed E-state index contributed by atoms with van der Waals surface area (Å²) in [6, 6.07) is 27.0. The van der Waals surface area contributed by atoms with Crippen LogP contribution in [0.3, 0.4) is 0 Å². The summed E-state index contributed by atoms with van der Waals surface area (Å²) in [6.45, 7) is 18.8. The van der Waals surface area contributed by atoms with Gasteiger partial charge in [-0.15, -0.1) is 0 Å². The molecule has 0 fully saturated rings. The van der Waals surface area contributed by atoms with Gasteiger partial charge in [0.15, 0.2) is 0 Å². The number of benzene rings is 3. The van der Waals surface area contributed by atoms with Gasteiger partial charge in [-0.25, -0.2) is 0 Å². The van der Waals surface area contributed by atoms with Crippen molar-refractivity contribution in [1.29, 1.82) is 0 Å². The summed E-state index contributed by atoms with van der Waals surface area (Å²) in [4.78, 5) is 0. The van der Waals surface area contributed by atoms with Crippen LogP contribution in [0.4, 0.5) is 0 Å². The predicted molar refractivity (Wildman–Crippen MR) is 152 cm³/mol. The van der Waals surface area contributed by atoms with Gasteiger partial charge in [-0.2, -0.15) is 0 Å². The average molecular weight is 459 g/mol. The normalized spacial score (nSPS) is 19.8. The van der Waals surface area contributed by atoms with Crippen molar-refractivity contribution in [1.82, 2.24) is 0 Å². The summed E-state index contributed by atoms with van der Waals surface area (Å²) in [5.41, 5.74) is 13.6. The monoisotopic (exact) mass is 458 g/mol. The minimum absolute atomic E-state index is 0.0166. The first kappa shape index (κ1) is 23.6. The fraction of sp³-hybridized carbons (Fsp3) is 0.314. The standard InChI is InChI=1S/C35H38/c1-23-19-26-20-29-30(28(26)21-31(23)33(3,4)5)22-35(34(6,7)8,27-17-13-10-14-18-27)24(2)32(29)25-15-11-9-12-16-25/h9-22H,1-8H3. The predicted octanol–water partition coefficient (Wildman–Crippen LogP) is 9.54. The molecule has 0 aromatic heterocycles. The third-order valence-electron chi connectivity index (χ3n) is 8.16. The van der Waals surface area contributed by atoms with E-state index in [1.165, 1.54) is 55.7 Å². The molecule has 2 aliphatic carbocycles. The third kappa shape index (κ3) is 3.57. The van der Waals surface area contributed by atoms with Gasteiger partial charge in [-0.1, -0.05) is 114 Å². The molecular weight excluding hydrogens is 420 g/mol. The Morgan fingerprint density at radius 3 is 1.86 bits per heavy atom. The maximum Gasteiger partial charge on any atom is 0.0405 e. The van der Waals surface area contributed by atoms with Crippen LogP contribution < -0.4 is 0 Å². The zero-order chi connectivity index (χ0) is 25.2. The molecule has 0 saturated carbocycles. The van der Waals surface area contributed by atoms with Gasteiger partial charge in [0, 0.05) is 5.41 Å². The molecule has 0 nitrogen and oxygen atoms in total. The Kier molecular flexibility index (Phi) is 5.37. The lowest BCUT2D eigenvalue weighted by Crippen LogP contribution is -2.41. The van der Waals surface area contributed by atoms with Crippen molar-refractivity contribution in [2.45, 2.75) is 66.2 Å². The van der Waals surface area contributed by atoms with E-state index < -0.39 is 0 Å². The minimum Gasteiger partial charge on any atom is -0.0622 e. The highest BCUT2D eigenvalue weighted by molar-refractivity contribution is 6.11. The SMILES string of the molecule is CC1=C(c2ccccc2)C2=Cc3cc(C)c(C(C)(C)C)cc3C2=CC1(c1ccccc1)C(C)(C)C. The van der Waals surface area contributed by atoms with Crippen molar-refractivity contribution < 1.29 is 0 Å². The van der Waals surface area contributed by atoms with Crippen molar-refractivity contribution in [3.8, 4) is 0 Å². The summed E-state index contributed by atoms with van der Waals surface area (Å²) in [7, 11) is 0. The molecule has 0 bridgehead atoms. The van der Waals surface area contributed by atoms with Gasteiger partial charge in [0.2, 0.25) is 0 Å². The molecule has 0 aliphatic heterocycles. The molecule has 0 spiro atoms. The lowest BCUT2D eigenvalue weighted by molar-refractivity contribution is 0.277. The number of allylic oxidation sites excluding steroid dienone is 5. The second-order valence-corrected chi connectivity index (χ2v) is 12.4. The summed E-state index contributed by atoms with van der Waals surface area (Å²) >= 11 is 0. The van der Waals surface area contributed by atoms with Crippen LogP contribution in [0.25, 0.3) is 17.2 Å². The summed E-state index contributed by atoms with van der Waals surface area (Å²) in [5.74, 6) is 0. The second kappa shape index (κ2) is 7.95. The molecule has 2 aliphatic rings. The van der Waals surface area contributed by atoms with Gasteiger partial charge in [0.05, 0.1) is 0 Å². The zero-order valence-electron chi connectivity index (χ0n) is 22.6. The lowest BCUT2D eigenvalue weighted by atomic mass is 9.54. The van der Waals surface area contributed by atoms with Crippen LogP contribution in [0.5, 0.6) is 0 Å². The molecule has 0 radical (unpaired) electrons. The highest BCUT2D eigenvalue weighted by atomic mass is 14.5. The van der Waals surface area contributed by atoms with E-state index in [2.05, 4.69) is 140 Å². The summed E-state index contributed by atoms with van der Waals surface area (Å²) < 4.78 is 0. The highest BCUT2D eigenvalue weighted by Crippen LogP contribution is 2.59. The molecule has 3 aromatic rings. The Balaban J connectivity index is 1.89. The van der Waals surface area contributed by atoms with Crippen LogP contribution in [-0.2, 0) is 10.8 Å². The van der Waals surface area contributed by atoms with Gasteiger partial charge in [-0.3, -0.25) is 0 Å². The molecule has 0 saturated heterocycles. The van der Waals surface area contributed by atoms with Crippen LogP contribution in [-0.4, -0.2) is 0 Å². The fourth-order valence-corrected chi connectivity index (χ4v) is 6.55. The Bertz CT molecular complexity index is 1380. The van der Waals surface area contributed by atoms with Gasteiger partial charge in [-0.05, 0) is 92.5 Å². The van der Waals surface area contributed by atoms with Crippen LogP contribution in [0, 0.1) is 12.3 Å². The van der Waals surface area contributed by atoms with E-state index in [0.717, 1.165) is 0 Å². The van der Waals surface area contributed by atoms with Gasteiger partial charge in [0.1, 0.15) is 0 Å². The molecule has 1 unspecified atom stereocenters. The Hall–Kier alpha value is -3.12. The molecular formula is C35H38. The van der Waals surface area contributed by atoms with E-state index in [4.69, 9.17) is 0 Å². The Morgan fingerprint density at radius 2 is 1.29 bits per heavy atom. The van der Waals surface area contributed by atoms with Crippen molar-refractivity contribution in [2.24, 2.45) is 5.41 Å². The summed E-state index contributed by atoms with van der Waals surface area (Å²) in [6.07, 6.45) is 5.04. The third-order valence-corrected chi connectivity index (χ3v) is 8.16. The molecule has 0 amide bonds. The maximum atomic E-state index is 2.60. The maximum absolute atomic E-state index is 2.60. The van der Waals surface area contributed by atoms with Gasteiger partial charge >= 0.3 is 0 Å². The first-order chi connectivity index (χ1) is 16.4. The Labute approximate surface area is 212 Å². The zero-order valence-corrected chi connectivity index (χ0v) is 22.6. The quantitative estimate of drug-likeness (QED) is 0.358. The lowest BCUT2D eigenvalue weighted by Gasteiger charge is -2.48. The Morgan fingerprint density at radius 1 is 0.686 bits per heavy atom. The van der Waals surface area contributed by atoms with Crippen molar-refractivity contribution >= 4 is 17.2 Å². The van der Waals surface area contributed by atoms with E-state index in [-0.39, 0.29) is 16.2 Å². The molecule has 1 atom stereocenters. The van der Waals surface area contributed by atoms with Crippen LogP contribution >= 0.6 is 0 Å². The van der Waals surface area contributed by atoms with Crippen molar-refractivity contribution in [2.75, 3.05) is 0 Å². The number of hydrogen-bond acceptors (Lipinski definition) is 0. The number of hydrogen-bond donors (Lipinski definition) is 0. The molecule has 0 heterocycles. The van der Waals surface area contributed by atoms with Crippen molar-refractivity contribution in [3.63, 3.8) is 0 Å². The van der Waals surface area contributed by atoms with E-state index in [0.29, 0.717) is 0 Å². The van der Waals surface area contributed by atoms with E-state index in [1.54, 1.807) is 0 Å². The molecule has 3 aromatic carbocycles. The van der Waals surface area contributed by atoms with Crippen LogP contribution in [0.15, 0.2) is 90.0 Å². The van der Waals surface area contributed by atoms with Crippen LogP contribution in [0.1, 0.15) is 81.8 Å².